The van der Waals surface area contributed by atoms with Crippen molar-refractivity contribution in [1.29, 1.82) is 0 Å². The van der Waals surface area contributed by atoms with E-state index in [1.54, 1.807) is 18.3 Å². The zero-order valence-electron chi connectivity index (χ0n) is 15.1. The van der Waals surface area contributed by atoms with Gasteiger partial charge in [0.1, 0.15) is 11.3 Å². The highest BCUT2D eigenvalue weighted by atomic mass is 16.5. The highest BCUT2D eigenvalue weighted by Gasteiger charge is 2.35. The molecule has 0 unspecified atom stereocenters. The molecule has 4 rings (SSSR count). The molecule has 8 nitrogen and oxygen atoms in total. The number of rotatable bonds is 4. The number of nitrogens with one attached hydrogen (secondary N) is 2. The molecule has 2 atom stereocenters. The number of aromatic amines is 1. The number of hydrogen-bond donors (Lipinski definition) is 2. The van der Waals surface area contributed by atoms with Gasteiger partial charge >= 0.3 is 0 Å². The minimum absolute atomic E-state index is 0.000949. The van der Waals surface area contributed by atoms with E-state index < -0.39 is 11.5 Å². The average molecular weight is 369 g/mol. The van der Waals surface area contributed by atoms with Crippen LogP contribution in [0.1, 0.15) is 29.6 Å². The predicted octanol–water partition coefficient (Wildman–Crippen LogP) is 0.815. The van der Waals surface area contributed by atoms with Crippen LogP contribution in [0, 0.1) is 0 Å². The van der Waals surface area contributed by atoms with Gasteiger partial charge < -0.3 is 15.0 Å². The van der Waals surface area contributed by atoms with Crippen molar-refractivity contribution in [2.24, 2.45) is 0 Å². The number of ether oxygens (including phenoxy) is 1. The fourth-order valence-corrected chi connectivity index (χ4v) is 3.73. The van der Waals surface area contributed by atoms with E-state index in [4.69, 9.17) is 4.74 Å². The van der Waals surface area contributed by atoms with Crippen LogP contribution in [0.25, 0.3) is 11.5 Å². The maximum Gasteiger partial charge on any atom is 0.264 e. The van der Waals surface area contributed by atoms with E-state index in [-0.39, 0.29) is 17.6 Å². The number of likely N-dealkylation sites (tertiary alicyclic amines) is 1. The number of amides is 1. The minimum Gasteiger partial charge on any atom is -0.378 e. The molecule has 1 amide bonds. The molecule has 2 N–H and O–H groups in total. The van der Waals surface area contributed by atoms with Gasteiger partial charge in [0.05, 0.1) is 25.3 Å². The van der Waals surface area contributed by atoms with Crippen LogP contribution in [0.4, 0.5) is 0 Å². The van der Waals surface area contributed by atoms with Crippen molar-refractivity contribution < 1.29 is 9.53 Å². The molecule has 2 aromatic rings. The Balaban J connectivity index is 1.47. The fraction of sp³-hybridized carbons (Fsp3) is 0.474. The van der Waals surface area contributed by atoms with E-state index >= 15 is 0 Å². The molecule has 2 saturated heterocycles. The first-order valence-corrected chi connectivity index (χ1v) is 9.36. The Hall–Kier alpha value is -2.58. The van der Waals surface area contributed by atoms with Crippen LogP contribution < -0.4 is 10.9 Å². The van der Waals surface area contributed by atoms with E-state index in [1.807, 2.05) is 6.07 Å². The molecular formula is C19H23N5O3. The Bertz CT molecular complexity index is 848. The lowest BCUT2D eigenvalue weighted by Gasteiger charge is -2.34. The smallest absolute Gasteiger partial charge is 0.264 e. The van der Waals surface area contributed by atoms with Gasteiger partial charge in [-0.1, -0.05) is 12.5 Å². The normalized spacial score (nSPS) is 23.3. The SMILES string of the molecule is O=C(N[C@@H]1COC[C@H]1N1CCCCC1)c1cnc(-c2ccccn2)[nH]c1=O. The average Bonchev–Trinajstić information content (AvgIpc) is 3.17. The number of piperidine rings is 1. The largest absolute Gasteiger partial charge is 0.378 e. The zero-order chi connectivity index (χ0) is 18.6. The lowest BCUT2D eigenvalue weighted by atomic mass is 10.0. The molecule has 0 aliphatic carbocycles. The summed E-state index contributed by atoms with van der Waals surface area (Å²) in [4.78, 5) is 38.4. The van der Waals surface area contributed by atoms with Gasteiger partial charge in [-0.05, 0) is 38.1 Å². The van der Waals surface area contributed by atoms with Crippen molar-refractivity contribution in [2.45, 2.75) is 31.3 Å². The van der Waals surface area contributed by atoms with Gasteiger partial charge in [0, 0.05) is 12.4 Å². The standard InChI is InChI=1S/C19H23N5O3/c25-18(22-15-11-27-12-16(15)24-8-4-1-5-9-24)13-10-21-17(23-19(13)26)14-6-2-3-7-20-14/h2-3,6-7,10,15-16H,1,4-5,8-9,11-12H2,(H,22,25)(H,21,23,26)/t15-,16-/m1/s1. The number of aromatic nitrogens is 3. The Morgan fingerprint density at radius 1 is 1.19 bits per heavy atom. The number of carbonyl (C=O) groups excluding carboxylic acids is 1. The van der Waals surface area contributed by atoms with Crippen LogP contribution in [0.5, 0.6) is 0 Å². The second-order valence-electron chi connectivity index (χ2n) is 6.97. The number of carbonyl (C=O) groups is 1. The summed E-state index contributed by atoms with van der Waals surface area (Å²) < 4.78 is 5.60. The molecule has 27 heavy (non-hydrogen) atoms. The Morgan fingerprint density at radius 3 is 2.78 bits per heavy atom. The lowest BCUT2D eigenvalue weighted by Crippen LogP contribution is -2.53. The summed E-state index contributed by atoms with van der Waals surface area (Å²) in [5.74, 6) is -0.0821. The van der Waals surface area contributed by atoms with Crippen LogP contribution in [0.15, 0.2) is 35.4 Å². The fourth-order valence-electron chi connectivity index (χ4n) is 3.73. The molecular weight excluding hydrogens is 346 g/mol. The minimum atomic E-state index is -0.475. The number of H-pyrrole nitrogens is 1. The summed E-state index contributed by atoms with van der Waals surface area (Å²) >= 11 is 0. The number of hydrogen-bond acceptors (Lipinski definition) is 6. The quantitative estimate of drug-likeness (QED) is 0.827. The van der Waals surface area contributed by atoms with Crippen LogP contribution in [0.3, 0.4) is 0 Å². The Kier molecular flexibility index (Phi) is 5.26. The first-order chi connectivity index (χ1) is 13.2. The molecule has 142 valence electrons. The maximum absolute atomic E-state index is 12.6. The van der Waals surface area contributed by atoms with Crippen molar-refractivity contribution in [1.82, 2.24) is 25.2 Å². The van der Waals surface area contributed by atoms with Crippen LogP contribution in [0.2, 0.25) is 0 Å². The van der Waals surface area contributed by atoms with Crippen LogP contribution in [-0.2, 0) is 4.74 Å². The molecule has 2 aromatic heterocycles. The van der Waals surface area contributed by atoms with Crippen LogP contribution in [-0.4, -0.2) is 64.1 Å². The van der Waals surface area contributed by atoms with Gasteiger partial charge in [0.25, 0.3) is 11.5 Å². The maximum atomic E-state index is 12.6. The third kappa shape index (κ3) is 3.91. The molecule has 0 saturated carbocycles. The molecule has 2 aliphatic heterocycles. The first kappa shape index (κ1) is 17.8. The Morgan fingerprint density at radius 2 is 2.04 bits per heavy atom. The molecule has 0 radical (unpaired) electrons. The third-order valence-corrected chi connectivity index (χ3v) is 5.18. The second kappa shape index (κ2) is 7.98. The van der Waals surface area contributed by atoms with E-state index in [9.17, 15) is 9.59 Å². The van der Waals surface area contributed by atoms with Gasteiger partial charge in [-0.2, -0.15) is 0 Å². The summed E-state index contributed by atoms with van der Waals surface area (Å²) in [7, 11) is 0. The molecule has 0 spiro atoms. The number of pyridine rings is 1. The molecule has 2 fully saturated rings. The van der Waals surface area contributed by atoms with Crippen molar-refractivity contribution in [3.05, 3.63) is 46.5 Å². The lowest BCUT2D eigenvalue weighted by molar-refractivity contribution is 0.0898. The van der Waals surface area contributed by atoms with Gasteiger partial charge in [-0.3, -0.25) is 19.5 Å². The van der Waals surface area contributed by atoms with Crippen molar-refractivity contribution >= 4 is 5.91 Å². The van der Waals surface area contributed by atoms with E-state index in [0.717, 1.165) is 13.1 Å². The van der Waals surface area contributed by atoms with E-state index in [1.165, 1.54) is 25.5 Å². The summed E-state index contributed by atoms with van der Waals surface area (Å²) in [6, 6.07) is 5.38. The Labute approximate surface area is 157 Å². The van der Waals surface area contributed by atoms with Gasteiger partial charge in [0.15, 0.2) is 5.82 Å². The van der Waals surface area contributed by atoms with Crippen molar-refractivity contribution in [2.75, 3.05) is 26.3 Å². The van der Waals surface area contributed by atoms with E-state index in [2.05, 4.69) is 25.2 Å². The topological polar surface area (TPSA) is 100 Å². The first-order valence-electron chi connectivity index (χ1n) is 9.36. The van der Waals surface area contributed by atoms with Gasteiger partial charge in [-0.25, -0.2) is 4.98 Å². The van der Waals surface area contributed by atoms with Gasteiger partial charge in [0.2, 0.25) is 0 Å². The van der Waals surface area contributed by atoms with Crippen LogP contribution >= 0.6 is 0 Å². The molecule has 0 bridgehead atoms. The predicted molar refractivity (Wildman–Crippen MR) is 99.4 cm³/mol. The third-order valence-electron chi connectivity index (χ3n) is 5.18. The van der Waals surface area contributed by atoms with Crippen molar-refractivity contribution in [3.8, 4) is 11.5 Å². The summed E-state index contributed by atoms with van der Waals surface area (Å²) in [6.45, 7) is 3.13. The molecule has 8 heteroatoms. The number of nitrogens with zero attached hydrogens (tertiary/aromatic N) is 3. The van der Waals surface area contributed by atoms with E-state index in [0.29, 0.717) is 24.7 Å². The summed E-state index contributed by atoms with van der Waals surface area (Å²) in [5.41, 5.74) is 0.0754. The molecule has 0 aromatic carbocycles. The summed E-state index contributed by atoms with van der Waals surface area (Å²) in [5, 5.41) is 2.96. The highest BCUT2D eigenvalue weighted by molar-refractivity contribution is 5.93. The summed E-state index contributed by atoms with van der Waals surface area (Å²) in [6.07, 6.45) is 6.54. The zero-order valence-corrected chi connectivity index (χ0v) is 15.1. The second-order valence-corrected chi connectivity index (χ2v) is 6.97. The molecule has 4 heterocycles. The van der Waals surface area contributed by atoms with Crippen molar-refractivity contribution in [3.63, 3.8) is 0 Å². The highest BCUT2D eigenvalue weighted by Crippen LogP contribution is 2.19. The molecule has 2 aliphatic rings. The van der Waals surface area contributed by atoms with Gasteiger partial charge in [-0.15, -0.1) is 0 Å². The monoisotopic (exact) mass is 369 g/mol.